The fourth-order valence-corrected chi connectivity index (χ4v) is 3.10. The Morgan fingerprint density at radius 2 is 1.33 bits per heavy atom. The average molecular weight is 255 g/mol. The topological polar surface area (TPSA) is 40.9 Å². The lowest BCUT2D eigenvalue weighted by Crippen LogP contribution is -2.30. The van der Waals surface area contributed by atoms with Gasteiger partial charge in [0.1, 0.15) is 0 Å². The first-order valence-corrected chi connectivity index (χ1v) is 7.13. The van der Waals surface area contributed by atoms with Crippen LogP contribution in [0, 0.1) is 11.3 Å². The van der Waals surface area contributed by atoms with E-state index in [9.17, 15) is 9.47 Å². The first-order valence-electron chi connectivity index (χ1n) is 5.57. The summed E-state index contributed by atoms with van der Waals surface area (Å²) < 4.78 is 11.1. The molecule has 0 saturated heterocycles. The van der Waals surface area contributed by atoms with E-state index in [4.69, 9.17) is 0 Å². The SMILES string of the molecule is CS(=O)C(C#N)(c1ccccc1)c1ccccc1. The zero-order valence-electron chi connectivity index (χ0n) is 10.0. The van der Waals surface area contributed by atoms with Gasteiger partial charge in [-0.05, 0) is 11.1 Å². The van der Waals surface area contributed by atoms with Gasteiger partial charge in [-0.3, -0.25) is 4.21 Å². The highest BCUT2D eigenvalue weighted by molar-refractivity contribution is 7.85. The maximum absolute atomic E-state index is 12.2. The van der Waals surface area contributed by atoms with Gasteiger partial charge in [0.15, 0.2) is 4.75 Å². The van der Waals surface area contributed by atoms with Crippen LogP contribution in [0.3, 0.4) is 0 Å². The van der Waals surface area contributed by atoms with Crippen molar-refractivity contribution in [3.05, 3.63) is 71.8 Å². The molecule has 2 aromatic rings. The van der Waals surface area contributed by atoms with Gasteiger partial charge in [-0.15, -0.1) is 0 Å². The molecule has 0 amide bonds. The summed E-state index contributed by atoms with van der Waals surface area (Å²) in [6, 6.07) is 20.8. The highest BCUT2D eigenvalue weighted by Gasteiger charge is 2.38. The second-order valence-corrected chi connectivity index (χ2v) is 5.50. The Balaban J connectivity index is 2.71. The third kappa shape index (κ3) is 1.96. The van der Waals surface area contributed by atoms with Gasteiger partial charge < -0.3 is 0 Å². The van der Waals surface area contributed by atoms with E-state index in [1.54, 1.807) is 6.26 Å². The standard InChI is InChI=1S/C15H13NOS/c1-18(17)15(12-16,13-8-4-2-5-9-13)14-10-6-3-7-11-14/h2-11H,1H3. The Morgan fingerprint density at radius 1 is 0.944 bits per heavy atom. The molecule has 18 heavy (non-hydrogen) atoms. The average Bonchev–Trinajstić information content (AvgIpc) is 2.42. The van der Waals surface area contributed by atoms with Crippen LogP contribution in [0.2, 0.25) is 0 Å². The van der Waals surface area contributed by atoms with Crippen LogP contribution in [0.15, 0.2) is 60.7 Å². The van der Waals surface area contributed by atoms with Crippen LogP contribution in [0.4, 0.5) is 0 Å². The van der Waals surface area contributed by atoms with E-state index in [1.807, 2.05) is 60.7 Å². The predicted molar refractivity (Wildman–Crippen MR) is 73.3 cm³/mol. The molecule has 0 aliphatic rings. The summed E-state index contributed by atoms with van der Waals surface area (Å²) in [6.45, 7) is 0. The van der Waals surface area contributed by atoms with E-state index in [0.717, 1.165) is 11.1 Å². The quantitative estimate of drug-likeness (QED) is 0.846. The van der Waals surface area contributed by atoms with Crippen molar-refractivity contribution in [2.24, 2.45) is 0 Å². The van der Waals surface area contributed by atoms with E-state index in [1.165, 1.54) is 0 Å². The third-order valence-electron chi connectivity index (χ3n) is 2.95. The first kappa shape index (κ1) is 12.5. The molecule has 2 nitrogen and oxygen atoms in total. The van der Waals surface area contributed by atoms with Crippen LogP contribution in [0.25, 0.3) is 0 Å². The van der Waals surface area contributed by atoms with Crippen molar-refractivity contribution in [3.8, 4) is 6.07 Å². The van der Waals surface area contributed by atoms with Gasteiger partial charge in [0.2, 0.25) is 0 Å². The number of nitrogens with zero attached hydrogens (tertiary/aromatic N) is 1. The van der Waals surface area contributed by atoms with Gasteiger partial charge >= 0.3 is 0 Å². The Bertz CT molecular complexity index is 547. The lowest BCUT2D eigenvalue weighted by atomic mass is 9.91. The molecule has 2 aromatic carbocycles. The second-order valence-electron chi connectivity index (χ2n) is 3.98. The molecular weight excluding hydrogens is 242 g/mol. The van der Waals surface area contributed by atoms with Crippen molar-refractivity contribution in [2.45, 2.75) is 4.75 Å². The predicted octanol–water partition coefficient (Wildman–Crippen LogP) is 2.83. The highest BCUT2D eigenvalue weighted by Crippen LogP contribution is 2.34. The molecule has 0 N–H and O–H groups in total. The van der Waals surface area contributed by atoms with E-state index in [-0.39, 0.29) is 0 Å². The molecule has 0 aliphatic carbocycles. The Morgan fingerprint density at radius 3 is 1.61 bits per heavy atom. The number of hydrogen-bond acceptors (Lipinski definition) is 2. The van der Waals surface area contributed by atoms with E-state index in [2.05, 4.69) is 6.07 Å². The fraction of sp³-hybridized carbons (Fsp3) is 0.133. The number of benzene rings is 2. The highest BCUT2D eigenvalue weighted by atomic mass is 32.2. The number of rotatable bonds is 3. The number of hydrogen-bond donors (Lipinski definition) is 0. The number of nitriles is 1. The summed E-state index contributed by atoms with van der Waals surface area (Å²) in [6.07, 6.45) is 1.57. The molecule has 0 spiro atoms. The van der Waals surface area contributed by atoms with Gasteiger partial charge in [0.25, 0.3) is 0 Å². The Labute approximate surface area is 109 Å². The summed E-state index contributed by atoms with van der Waals surface area (Å²) in [7, 11) is -1.33. The van der Waals surface area contributed by atoms with Crippen LogP contribution in [0.5, 0.6) is 0 Å². The molecule has 0 fully saturated rings. The van der Waals surface area contributed by atoms with Crippen LogP contribution >= 0.6 is 0 Å². The van der Waals surface area contributed by atoms with Crippen LogP contribution < -0.4 is 0 Å². The third-order valence-corrected chi connectivity index (χ3v) is 4.37. The summed E-state index contributed by atoms with van der Waals surface area (Å²) in [4.78, 5) is 0. The second kappa shape index (κ2) is 5.16. The van der Waals surface area contributed by atoms with Crippen molar-refractivity contribution in [1.82, 2.24) is 0 Å². The van der Waals surface area contributed by atoms with Gasteiger partial charge in [-0.25, -0.2) is 0 Å². The zero-order chi connectivity index (χ0) is 13.0. The molecule has 0 aromatic heterocycles. The van der Waals surface area contributed by atoms with Crippen LogP contribution in [0.1, 0.15) is 11.1 Å². The minimum absolute atomic E-state index is 0.763. The van der Waals surface area contributed by atoms with Crippen molar-refractivity contribution in [1.29, 1.82) is 5.26 Å². The van der Waals surface area contributed by atoms with Crippen molar-refractivity contribution in [3.63, 3.8) is 0 Å². The van der Waals surface area contributed by atoms with E-state index in [0.29, 0.717) is 0 Å². The maximum atomic E-state index is 12.2. The molecule has 2 rings (SSSR count). The lowest BCUT2D eigenvalue weighted by molar-refractivity contribution is 0.672. The molecule has 1 unspecified atom stereocenters. The molecule has 3 heteroatoms. The summed E-state index contributed by atoms with van der Waals surface area (Å²) in [5.41, 5.74) is 1.53. The van der Waals surface area contributed by atoms with E-state index >= 15 is 0 Å². The smallest absolute Gasteiger partial charge is 0.181 e. The van der Waals surface area contributed by atoms with Crippen molar-refractivity contribution < 1.29 is 4.21 Å². The molecule has 1 atom stereocenters. The largest absolute Gasteiger partial charge is 0.257 e. The summed E-state index contributed by atoms with van der Waals surface area (Å²) in [5, 5.41) is 9.61. The lowest BCUT2D eigenvalue weighted by Gasteiger charge is -2.25. The van der Waals surface area contributed by atoms with E-state index < -0.39 is 15.5 Å². The molecule has 0 bridgehead atoms. The fourth-order valence-electron chi connectivity index (χ4n) is 2.04. The molecule has 0 radical (unpaired) electrons. The Hall–Kier alpha value is -1.92. The minimum Gasteiger partial charge on any atom is -0.257 e. The first-order chi connectivity index (χ1) is 8.71. The van der Waals surface area contributed by atoms with Crippen LogP contribution in [-0.4, -0.2) is 10.5 Å². The summed E-state index contributed by atoms with van der Waals surface area (Å²) >= 11 is 0. The molecule has 0 heterocycles. The van der Waals surface area contributed by atoms with Gasteiger partial charge in [-0.1, -0.05) is 60.7 Å². The van der Waals surface area contributed by atoms with Gasteiger partial charge in [-0.2, -0.15) is 5.26 Å². The van der Waals surface area contributed by atoms with Crippen LogP contribution in [-0.2, 0) is 15.5 Å². The maximum Gasteiger partial charge on any atom is 0.181 e. The molecule has 0 saturated carbocycles. The van der Waals surface area contributed by atoms with Gasteiger partial charge in [0, 0.05) is 17.1 Å². The normalized spacial score (nSPS) is 12.7. The molecule has 0 aliphatic heterocycles. The van der Waals surface area contributed by atoms with Gasteiger partial charge in [0.05, 0.1) is 6.07 Å². The zero-order valence-corrected chi connectivity index (χ0v) is 10.9. The molecular formula is C15H13NOS. The Kier molecular flexibility index (Phi) is 3.59. The van der Waals surface area contributed by atoms with Crippen molar-refractivity contribution in [2.75, 3.05) is 6.26 Å². The van der Waals surface area contributed by atoms with Crippen molar-refractivity contribution >= 4 is 10.8 Å². The minimum atomic E-state index is -1.33. The summed E-state index contributed by atoms with van der Waals surface area (Å²) in [5.74, 6) is 0. The molecule has 90 valence electrons. The monoisotopic (exact) mass is 255 g/mol.